The predicted octanol–water partition coefficient (Wildman–Crippen LogP) is 1.22. The van der Waals surface area contributed by atoms with Crippen LogP contribution in [-0.4, -0.2) is 21.2 Å². The Labute approximate surface area is 94.4 Å². The molecule has 1 atom stereocenters. The molecule has 0 aliphatic rings. The van der Waals surface area contributed by atoms with Crippen LogP contribution in [0.5, 0.6) is 5.75 Å². The molecule has 16 heavy (non-hydrogen) atoms. The SMILES string of the molecule is Cn1ccnc1C(CN)c1ccccc1O. The van der Waals surface area contributed by atoms with E-state index >= 15 is 0 Å². The van der Waals surface area contributed by atoms with E-state index in [4.69, 9.17) is 5.73 Å². The molecule has 4 nitrogen and oxygen atoms in total. The molecular weight excluding hydrogens is 202 g/mol. The van der Waals surface area contributed by atoms with Gasteiger partial charge in [0.15, 0.2) is 0 Å². The second-order valence-electron chi connectivity index (χ2n) is 3.74. The molecule has 0 spiro atoms. The molecule has 0 fully saturated rings. The van der Waals surface area contributed by atoms with Crippen molar-refractivity contribution in [1.29, 1.82) is 0 Å². The van der Waals surface area contributed by atoms with Gasteiger partial charge in [0, 0.05) is 31.5 Å². The third kappa shape index (κ3) is 1.79. The van der Waals surface area contributed by atoms with Crippen LogP contribution in [-0.2, 0) is 7.05 Å². The fraction of sp³-hybridized carbons (Fsp3) is 0.250. The Morgan fingerprint density at radius 1 is 1.44 bits per heavy atom. The lowest BCUT2D eigenvalue weighted by Gasteiger charge is -2.16. The molecule has 1 unspecified atom stereocenters. The summed E-state index contributed by atoms with van der Waals surface area (Å²) in [5.74, 6) is 1.06. The highest BCUT2D eigenvalue weighted by Crippen LogP contribution is 2.28. The molecule has 84 valence electrons. The van der Waals surface area contributed by atoms with Gasteiger partial charge in [-0.15, -0.1) is 0 Å². The summed E-state index contributed by atoms with van der Waals surface area (Å²) < 4.78 is 1.92. The molecule has 0 aliphatic heterocycles. The Balaban J connectivity index is 2.45. The number of imidazole rings is 1. The molecule has 2 rings (SSSR count). The predicted molar refractivity (Wildman–Crippen MR) is 62.2 cm³/mol. The topological polar surface area (TPSA) is 64.1 Å². The molecule has 1 aromatic heterocycles. The van der Waals surface area contributed by atoms with E-state index in [1.54, 1.807) is 18.3 Å². The summed E-state index contributed by atoms with van der Waals surface area (Å²) in [5.41, 5.74) is 6.59. The monoisotopic (exact) mass is 217 g/mol. The Hall–Kier alpha value is -1.81. The summed E-state index contributed by atoms with van der Waals surface area (Å²) >= 11 is 0. The molecule has 0 bridgehead atoms. The van der Waals surface area contributed by atoms with Crippen LogP contribution in [0, 0.1) is 0 Å². The lowest BCUT2D eigenvalue weighted by Crippen LogP contribution is -2.17. The van der Waals surface area contributed by atoms with E-state index in [-0.39, 0.29) is 11.7 Å². The first kappa shape index (κ1) is 10.7. The lowest BCUT2D eigenvalue weighted by atomic mass is 9.97. The van der Waals surface area contributed by atoms with Crippen molar-refractivity contribution < 1.29 is 5.11 Å². The van der Waals surface area contributed by atoms with Crippen LogP contribution < -0.4 is 5.73 Å². The van der Waals surface area contributed by atoms with Gasteiger partial charge in [0.25, 0.3) is 0 Å². The number of benzene rings is 1. The van der Waals surface area contributed by atoms with Crippen LogP contribution in [0.1, 0.15) is 17.3 Å². The maximum Gasteiger partial charge on any atom is 0.119 e. The van der Waals surface area contributed by atoms with Crippen LogP contribution in [0.3, 0.4) is 0 Å². The summed E-state index contributed by atoms with van der Waals surface area (Å²) in [4.78, 5) is 4.28. The first-order chi connectivity index (χ1) is 7.74. The van der Waals surface area contributed by atoms with Crippen LogP contribution in [0.2, 0.25) is 0 Å². The minimum absolute atomic E-state index is 0.0683. The van der Waals surface area contributed by atoms with Gasteiger partial charge in [-0.05, 0) is 6.07 Å². The van der Waals surface area contributed by atoms with Crippen LogP contribution in [0.4, 0.5) is 0 Å². The number of hydrogen-bond donors (Lipinski definition) is 2. The Morgan fingerprint density at radius 2 is 2.19 bits per heavy atom. The summed E-state index contributed by atoms with van der Waals surface area (Å²) in [5, 5.41) is 9.81. The average Bonchev–Trinajstić information content (AvgIpc) is 2.69. The number of aromatic hydroxyl groups is 1. The maximum absolute atomic E-state index is 9.81. The molecule has 1 heterocycles. The fourth-order valence-electron chi connectivity index (χ4n) is 1.87. The summed E-state index contributed by atoms with van der Waals surface area (Å²) in [7, 11) is 1.92. The molecular formula is C12H15N3O. The van der Waals surface area contributed by atoms with E-state index in [0.29, 0.717) is 6.54 Å². The van der Waals surface area contributed by atoms with Gasteiger partial charge in [-0.25, -0.2) is 4.98 Å². The molecule has 0 radical (unpaired) electrons. The van der Waals surface area contributed by atoms with Gasteiger partial charge >= 0.3 is 0 Å². The van der Waals surface area contributed by atoms with Crippen LogP contribution >= 0.6 is 0 Å². The lowest BCUT2D eigenvalue weighted by molar-refractivity contribution is 0.463. The minimum atomic E-state index is -0.0683. The van der Waals surface area contributed by atoms with Gasteiger partial charge in [0.1, 0.15) is 11.6 Å². The fourth-order valence-corrected chi connectivity index (χ4v) is 1.87. The molecule has 0 saturated heterocycles. The van der Waals surface area contributed by atoms with Crippen molar-refractivity contribution in [1.82, 2.24) is 9.55 Å². The van der Waals surface area contributed by atoms with Crippen molar-refractivity contribution >= 4 is 0 Å². The maximum atomic E-state index is 9.81. The molecule has 0 amide bonds. The molecule has 3 N–H and O–H groups in total. The zero-order valence-electron chi connectivity index (χ0n) is 9.17. The summed E-state index contributed by atoms with van der Waals surface area (Å²) in [6.07, 6.45) is 3.61. The quantitative estimate of drug-likeness (QED) is 0.812. The zero-order chi connectivity index (χ0) is 11.5. The molecule has 0 aliphatic carbocycles. The number of phenolic OH excluding ortho intramolecular Hbond substituents is 1. The third-order valence-corrected chi connectivity index (χ3v) is 2.72. The number of aromatic nitrogens is 2. The second kappa shape index (κ2) is 4.37. The molecule has 4 heteroatoms. The Bertz CT molecular complexity index is 479. The number of phenols is 1. The van der Waals surface area contributed by atoms with E-state index in [1.807, 2.05) is 29.9 Å². The first-order valence-electron chi connectivity index (χ1n) is 5.19. The number of hydrogen-bond acceptors (Lipinski definition) is 3. The summed E-state index contributed by atoms with van der Waals surface area (Å²) in [6, 6.07) is 7.23. The van der Waals surface area contributed by atoms with Crippen LogP contribution in [0.15, 0.2) is 36.7 Å². The van der Waals surface area contributed by atoms with Gasteiger partial charge < -0.3 is 15.4 Å². The zero-order valence-corrected chi connectivity index (χ0v) is 9.17. The third-order valence-electron chi connectivity index (χ3n) is 2.72. The van der Waals surface area contributed by atoms with E-state index in [1.165, 1.54) is 0 Å². The van der Waals surface area contributed by atoms with Crippen molar-refractivity contribution in [2.75, 3.05) is 6.54 Å². The van der Waals surface area contributed by atoms with E-state index < -0.39 is 0 Å². The summed E-state index contributed by atoms with van der Waals surface area (Å²) in [6.45, 7) is 0.419. The number of rotatable bonds is 3. The van der Waals surface area contributed by atoms with Gasteiger partial charge in [0.05, 0.1) is 5.92 Å². The highest BCUT2D eigenvalue weighted by atomic mass is 16.3. The van der Waals surface area contributed by atoms with Crippen molar-refractivity contribution in [3.8, 4) is 5.75 Å². The Morgan fingerprint density at radius 3 is 2.75 bits per heavy atom. The van der Waals surface area contributed by atoms with Crippen molar-refractivity contribution in [3.63, 3.8) is 0 Å². The number of nitrogens with zero attached hydrogens (tertiary/aromatic N) is 2. The average molecular weight is 217 g/mol. The smallest absolute Gasteiger partial charge is 0.119 e. The van der Waals surface area contributed by atoms with Crippen molar-refractivity contribution in [2.24, 2.45) is 12.8 Å². The standard InChI is InChI=1S/C12H15N3O/c1-15-7-6-14-12(15)10(8-13)9-4-2-3-5-11(9)16/h2-7,10,16H,8,13H2,1H3. The molecule has 1 aromatic carbocycles. The number of nitrogens with two attached hydrogens (primary N) is 1. The van der Waals surface area contributed by atoms with Crippen molar-refractivity contribution in [3.05, 3.63) is 48.0 Å². The second-order valence-corrected chi connectivity index (χ2v) is 3.74. The van der Waals surface area contributed by atoms with E-state index in [9.17, 15) is 5.11 Å². The van der Waals surface area contributed by atoms with Gasteiger partial charge in [-0.3, -0.25) is 0 Å². The Kier molecular flexibility index (Phi) is 2.92. The van der Waals surface area contributed by atoms with Gasteiger partial charge in [0.2, 0.25) is 0 Å². The minimum Gasteiger partial charge on any atom is -0.508 e. The van der Waals surface area contributed by atoms with E-state index in [0.717, 1.165) is 11.4 Å². The van der Waals surface area contributed by atoms with Crippen LogP contribution in [0.25, 0.3) is 0 Å². The van der Waals surface area contributed by atoms with Gasteiger partial charge in [-0.2, -0.15) is 0 Å². The normalized spacial score (nSPS) is 12.6. The molecule has 0 saturated carbocycles. The van der Waals surface area contributed by atoms with Crippen molar-refractivity contribution in [2.45, 2.75) is 5.92 Å². The van der Waals surface area contributed by atoms with E-state index in [2.05, 4.69) is 4.98 Å². The number of para-hydroxylation sites is 1. The largest absolute Gasteiger partial charge is 0.508 e. The first-order valence-corrected chi connectivity index (χ1v) is 5.19. The molecule has 2 aromatic rings. The highest BCUT2D eigenvalue weighted by molar-refractivity contribution is 5.38. The number of aryl methyl sites for hydroxylation is 1. The van der Waals surface area contributed by atoms with Gasteiger partial charge in [-0.1, -0.05) is 18.2 Å². The highest BCUT2D eigenvalue weighted by Gasteiger charge is 2.19.